The molecule has 0 saturated carbocycles. The standard InChI is InChI=1S/C27H26N2O6/c1-32-22-6-4-5-19(13-22)23-15-24(20-9-12-25(33-2)26(14-20)34-3)29(28-23)27(31)17-35-21-10-7-18(16-30)8-11-21/h4-14,16,24H,15,17H2,1-3H3. The Morgan fingerprint density at radius 2 is 1.71 bits per heavy atom. The summed E-state index contributed by atoms with van der Waals surface area (Å²) in [6.45, 7) is -0.209. The summed E-state index contributed by atoms with van der Waals surface area (Å²) in [5.74, 6) is 2.06. The molecule has 1 aliphatic heterocycles. The van der Waals surface area contributed by atoms with E-state index in [-0.39, 0.29) is 18.6 Å². The van der Waals surface area contributed by atoms with Gasteiger partial charge in [-0.3, -0.25) is 9.59 Å². The van der Waals surface area contributed by atoms with Crippen molar-refractivity contribution in [2.45, 2.75) is 12.5 Å². The number of ether oxygens (including phenoxy) is 4. The molecule has 1 amide bonds. The van der Waals surface area contributed by atoms with Gasteiger partial charge in [0.05, 0.1) is 33.1 Å². The highest BCUT2D eigenvalue weighted by Gasteiger charge is 2.34. The first-order chi connectivity index (χ1) is 17.1. The summed E-state index contributed by atoms with van der Waals surface area (Å²) in [7, 11) is 4.75. The third-order valence-corrected chi connectivity index (χ3v) is 5.74. The fourth-order valence-electron chi connectivity index (χ4n) is 3.89. The summed E-state index contributed by atoms with van der Waals surface area (Å²) in [5, 5.41) is 6.13. The van der Waals surface area contributed by atoms with Gasteiger partial charge in [0.1, 0.15) is 17.8 Å². The fraction of sp³-hybridized carbons (Fsp3) is 0.222. The van der Waals surface area contributed by atoms with E-state index in [1.54, 1.807) is 45.6 Å². The van der Waals surface area contributed by atoms with Crippen LogP contribution in [0.5, 0.6) is 23.0 Å². The normalized spacial score (nSPS) is 14.8. The van der Waals surface area contributed by atoms with Gasteiger partial charge in [0.15, 0.2) is 18.1 Å². The quantitative estimate of drug-likeness (QED) is 0.430. The maximum Gasteiger partial charge on any atom is 0.281 e. The van der Waals surface area contributed by atoms with E-state index in [4.69, 9.17) is 18.9 Å². The fourth-order valence-corrected chi connectivity index (χ4v) is 3.89. The van der Waals surface area contributed by atoms with Crippen LogP contribution in [-0.2, 0) is 4.79 Å². The van der Waals surface area contributed by atoms with Crippen molar-refractivity contribution >= 4 is 17.9 Å². The first kappa shape index (κ1) is 23.8. The highest BCUT2D eigenvalue weighted by Crippen LogP contribution is 2.37. The summed E-state index contributed by atoms with van der Waals surface area (Å²) < 4.78 is 21.9. The number of hydrazone groups is 1. The van der Waals surface area contributed by atoms with Gasteiger partial charge in [-0.15, -0.1) is 0 Å². The molecule has 1 unspecified atom stereocenters. The molecule has 0 spiro atoms. The van der Waals surface area contributed by atoms with Crippen molar-refractivity contribution < 1.29 is 28.5 Å². The lowest BCUT2D eigenvalue weighted by molar-refractivity contribution is -0.135. The second-order valence-electron chi connectivity index (χ2n) is 7.83. The molecule has 35 heavy (non-hydrogen) atoms. The molecule has 4 rings (SSSR count). The highest BCUT2D eigenvalue weighted by molar-refractivity contribution is 6.03. The van der Waals surface area contributed by atoms with Gasteiger partial charge in [-0.2, -0.15) is 5.10 Å². The van der Waals surface area contributed by atoms with Crippen molar-refractivity contribution in [1.29, 1.82) is 0 Å². The summed E-state index contributed by atoms with van der Waals surface area (Å²) in [4.78, 5) is 24.1. The minimum absolute atomic E-state index is 0.209. The lowest BCUT2D eigenvalue weighted by Gasteiger charge is -2.23. The number of benzene rings is 3. The molecular formula is C27H26N2O6. The largest absolute Gasteiger partial charge is 0.497 e. The van der Waals surface area contributed by atoms with Gasteiger partial charge in [0.25, 0.3) is 5.91 Å². The minimum atomic E-state index is -0.357. The maximum absolute atomic E-state index is 13.3. The maximum atomic E-state index is 13.3. The lowest BCUT2D eigenvalue weighted by atomic mass is 9.98. The Morgan fingerprint density at radius 3 is 2.40 bits per heavy atom. The SMILES string of the molecule is COc1cccc(C2=NN(C(=O)COc3ccc(C=O)cc3)C(c3ccc(OC)c(OC)c3)C2)c1. The van der Waals surface area contributed by atoms with Crippen molar-refractivity contribution in [2.75, 3.05) is 27.9 Å². The van der Waals surface area contributed by atoms with Crippen LogP contribution >= 0.6 is 0 Å². The second-order valence-corrected chi connectivity index (χ2v) is 7.83. The van der Waals surface area contributed by atoms with E-state index in [0.29, 0.717) is 35.0 Å². The number of hydrogen-bond acceptors (Lipinski definition) is 7. The number of methoxy groups -OCH3 is 3. The van der Waals surface area contributed by atoms with Crippen LogP contribution in [0.15, 0.2) is 71.8 Å². The molecule has 0 N–H and O–H groups in total. The third kappa shape index (κ3) is 5.27. The number of amides is 1. The van der Waals surface area contributed by atoms with Crippen LogP contribution in [0, 0.1) is 0 Å². The van der Waals surface area contributed by atoms with Crippen LogP contribution < -0.4 is 18.9 Å². The van der Waals surface area contributed by atoms with Crippen LogP contribution in [0.1, 0.15) is 33.9 Å². The zero-order chi connectivity index (χ0) is 24.8. The number of carbonyl (C=O) groups excluding carboxylic acids is 2. The van der Waals surface area contributed by atoms with Crippen LogP contribution in [-0.4, -0.2) is 50.9 Å². The average Bonchev–Trinajstić information content (AvgIpc) is 3.37. The van der Waals surface area contributed by atoms with E-state index in [1.807, 2.05) is 42.5 Å². The van der Waals surface area contributed by atoms with E-state index < -0.39 is 0 Å². The molecular weight excluding hydrogens is 448 g/mol. The Morgan fingerprint density at radius 1 is 0.943 bits per heavy atom. The molecule has 3 aromatic carbocycles. The van der Waals surface area contributed by atoms with Gasteiger partial charge in [-0.05, 0) is 54.1 Å². The molecule has 0 fully saturated rings. The van der Waals surface area contributed by atoms with Gasteiger partial charge in [-0.1, -0.05) is 18.2 Å². The van der Waals surface area contributed by atoms with Gasteiger partial charge < -0.3 is 18.9 Å². The molecule has 1 aliphatic rings. The molecule has 3 aromatic rings. The minimum Gasteiger partial charge on any atom is -0.497 e. The summed E-state index contributed by atoms with van der Waals surface area (Å²) in [6, 6.07) is 19.3. The van der Waals surface area contributed by atoms with Crippen LogP contribution in [0.2, 0.25) is 0 Å². The molecule has 0 aliphatic carbocycles. The Labute approximate surface area is 203 Å². The van der Waals surface area contributed by atoms with Crippen molar-refractivity contribution in [1.82, 2.24) is 5.01 Å². The van der Waals surface area contributed by atoms with E-state index in [0.717, 1.165) is 23.1 Å². The van der Waals surface area contributed by atoms with Gasteiger partial charge >= 0.3 is 0 Å². The first-order valence-corrected chi connectivity index (χ1v) is 11.0. The predicted octanol–water partition coefficient (Wildman–Crippen LogP) is 4.28. The topological polar surface area (TPSA) is 86.7 Å². The van der Waals surface area contributed by atoms with E-state index in [1.165, 1.54) is 5.01 Å². The summed E-state index contributed by atoms with van der Waals surface area (Å²) in [5.41, 5.74) is 3.01. The average molecular weight is 475 g/mol. The molecule has 8 nitrogen and oxygen atoms in total. The molecule has 0 aromatic heterocycles. The zero-order valence-electron chi connectivity index (χ0n) is 19.8. The second kappa shape index (κ2) is 10.7. The lowest BCUT2D eigenvalue weighted by Crippen LogP contribution is -2.31. The van der Waals surface area contributed by atoms with E-state index in [9.17, 15) is 9.59 Å². The smallest absolute Gasteiger partial charge is 0.281 e. The van der Waals surface area contributed by atoms with Crippen LogP contribution in [0.25, 0.3) is 0 Å². The van der Waals surface area contributed by atoms with Crippen molar-refractivity contribution in [3.05, 3.63) is 83.4 Å². The van der Waals surface area contributed by atoms with Crippen molar-refractivity contribution in [3.8, 4) is 23.0 Å². The molecule has 0 bridgehead atoms. The Balaban J connectivity index is 1.62. The van der Waals surface area contributed by atoms with Gasteiger partial charge in [0.2, 0.25) is 0 Å². The summed E-state index contributed by atoms with van der Waals surface area (Å²) in [6.07, 6.45) is 1.25. The van der Waals surface area contributed by atoms with Crippen molar-refractivity contribution in [2.24, 2.45) is 5.10 Å². The van der Waals surface area contributed by atoms with E-state index in [2.05, 4.69) is 5.10 Å². The molecule has 180 valence electrons. The molecule has 1 atom stereocenters. The molecule has 0 saturated heterocycles. The predicted molar refractivity (Wildman–Crippen MR) is 131 cm³/mol. The molecule has 8 heteroatoms. The monoisotopic (exact) mass is 474 g/mol. The number of rotatable bonds is 9. The highest BCUT2D eigenvalue weighted by atomic mass is 16.5. The van der Waals surface area contributed by atoms with E-state index >= 15 is 0 Å². The zero-order valence-corrected chi connectivity index (χ0v) is 19.8. The van der Waals surface area contributed by atoms with Crippen LogP contribution in [0.3, 0.4) is 0 Å². The molecule has 0 radical (unpaired) electrons. The van der Waals surface area contributed by atoms with Gasteiger partial charge in [-0.25, -0.2) is 5.01 Å². The number of aldehydes is 1. The first-order valence-electron chi connectivity index (χ1n) is 11.0. The number of nitrogens with zero attached hydrogens (tertiary/aromatic N) is 2. The Kier molecular flexibility index (Phi) is 7.30. The third-order valence-electron chi connectivity index (χ3n) is 5.74. The molecule has 1 heterocycles. The Hall–Kier alpha value is -4.33. The Bertz CT molecular complexity index is 1240. The summed E-state index contributed by atoms with van der Waals surface area (Å²) >= 11 is 0. The van der Waals surface area contributed by atoms with Crippen LogP contribution in [0.4, 0.5) is 0 Å². The number of carbonyl (C=O) groups is 2. The number of hydrogen-bond donors (Lipinski definition) is 0. The van der Waals surface area contributed by atoms with Crippen molar-refractivity contribution in [3.63, 3.8) is 0 Å². The van der Waals surface area contributed by atoms with Gasteiger partial charge in [0, 0.05) is 17.5 Å².